The average Bonchev–Trinajstić information content (AvgIpc) is 3.23. The van der Waals surface area contributed by atoms with Crippen LogP contribution in [0.3, 0.4) is 0 Å². The first kappa shape index (κ1) is 13.7. The monoisotopic (exact) mass is 276 g/mol. The molecule has 1 atom stereocenters. The fourth-order valence-electron chi connectivity index (χ4n) is 2.95. The molecule has 20 heavy (non-hydrogen) atoms. The minimum absolute atomic E-state index is 0.00848. The van der Waals surface area contributed by atoms with Gasteiger partial charge in [-0.2, -0.15) is 0 Å². The van der Waals surface area contributed by atoms with Gasteiger partial charge in [0.15, 0.2) is 0 Å². The summed E-state index contributed by atoms with van der Waals surface area (Å²) in [5.74, 6) is 2.08. The van der Waals surface area contributed by atoms with Crippen LogP contribution in [0, 0.1) is 6.92 Å². The van der Waals surface area contributed by atoms with Crippen molar-refractivity contribution in [3.63, 3.8) is 0 Å². The fraction of sp³-hybridized carbons (Fsp3) is 0.688. The minimum Gasteiger partial charge on any atom is -0.464 e. The van der Waals surface area contributed by atoms with E-state index in [-0.39, 0.29) is 11.9 Å². The fourth-order valence-corrected chi connectivity index (χ4v) is 2.95. The molecule has 2 fully saturated rings. The molecule has 1 aliphatic carbocycles. The predicted octanol–water partition coefficient (Wildman–Crippen LogP) is 2.61. The Hall–Kier alpha value is -1.29. The summed E-state index contributed by atoms with van der Waals surface area (Å²) in [6, 6.07) is 4.39. The number of hydrogen-bond acceptors (Lipinski definition) is 3. The highest BCUT2D eigenvalue weighted by atomic mass is 16.3. The highest BCUT2D eigenvalue weighted by Gasteiger charge is 2.36. The summed E-state index contributed by atoms with van der Waals surface area (Å²) in [4.78, 5) is 14.8. The van der Waals surface area contributed by atoms with Crippen LogP contribution in [0.2, 0.25) is 0 Å². The van der Waals surface area contributed by atoms with Gasteiger partial charge >= 0.3 is 0 Å². The highest BCUT2D eigenvalue weighted by molar-refractivity contribution is 5.82. The van der Waals surface area contributed by atoms with E-state index in [1.807, 2.05) is 24.0 Å². The smallest absolute Gasteiger partial charge is 0.240 e. The van der Waals surface area contributed by atoms with Gasteiger partial charge in [0.25, 0.3) is 0 Å². The molecular weight excluding hydrogens is 252 g/mol. The van der Waals surface area contributed by atoms with E-state index in [9.17, 15) is 4.79 Å². The van der Waals surface area contributed by atoms with Gasteiger partial charge in [-0.25, -0.2) is 0 Å². The standard InChI is InChI=1S/C16H24N2O2/c1-12-6-9-14(20-12)11-18(13-7-8-13)16(19)15-5-3-2-4-10-17-15/h6,9,13,15,17H,2-5,7-8,10-11H2,1H3. The van der Waals surface area contributed by atoms with Crippen molar-refractivity contribution in [1.82, 2.24) is 10.2 Å². The molecule has 1 aromatic rings. The van der Waals surface area contributed by atoms with Crippen molar-refractivity contribution in [2.45, 2.75) is 64.1 Å². The van der Waals surface area contributed by atoms with Gasteiger partial charge in [0.05, 0.1) is 12.6 Å². The van der Waals surface area contributed by atoms with Crippen LogP contribution in [-0.2, 0) is 11.3 Å². The third-order valence-corrected chi connectivity index (χ3v) is 4.25. The minimum atomic E-state index is 0.00848. The van der Waals surface area contributed by atoms with Gasteiger partial charge in [0, 0.05) is 6.04 Å². The number of hydrogen-bond donors (Lipinski definition) is 1. The maximum atomic E-state index is 12.8. The molecule has 4 nitrogen and oxygen atoms in total. The molecule has 0 bridgehead atoms. The normalized spacial score (nSPS) is 23.4. The zero-order valence-electron chi connectivity index (χ0n) is 12.2. The van der Waals surface area contributed by atoms with Crippen LogP contribution in [0.5, 0.6) is 0 Å². The summed E-state index contributed by atoms with van der Waals surface area (Å²) in [6.45, 7) is 3.53. The molecule has 3 rings (SSSR count). The number of aryl methyl sites for hydroxylation is 1. The third kappa shape index (κ3) is 3.23. The second-order valence-corrected chi connectivity index (χ2v) is 6.07. The van der Waals surface area contributed by atoms with Gasteiger partial charge in [-0.3, -0.25) is 4.79 Å². The molecule has 1 amide bonds. The van der Waals surface area contributed by atoms with Crippen LogP contribution in [0.4, 0.5) is 0 Å². The predicted molar refractivity (Wildman–Crippen MR) is 77.3 cm³/mol. The Morgan fingerprint density at radius 2 is 2.15 bits per heavy atom. The quantitative estimate of drug-likeness (QED) is 0.919. The van der Waals surface area contributed by atoms with E-state index in [1.165, 1.54) is 12.8 Å². The van der Waals surface area contributed by atoms with E-state index in [0.29, 0.717) is 12.6 Å². The Bertz CT molecular complexity index is 457. The number of amides is 1. The van der Waals surface area contributed by atoms with Gasteiger partial charge < -0.3 is 14.6 Å². The number of rotatable bonds is 4. The Balaban J connectivity index is 1.67. The maximum Gasteiger partial charge on any atom is 0.240 e. The molecule has 2 aliphatic rings. The SMILES string of the molecule is Cc1ccc(CN(C(=O)C2CCCCCN2)C2CC2)o1. The highest BCUT2D eigenvalue weighted by Crippen LogP contribution is 2.30. The molecule has 0 radical (unpaired) electrons. The molecular formula is C16H24N2O2. The number of carbonyl (C=O) groups excluding carboxylic acids is 1. The van der Waals surface area contributed by atoms with Crippen LogP contribution in [0.25, 0.3) is 0 Å². The van der Waals surface area contributed by atoms with Crippen molar-refractivity contribution in [1.29, 1.82) is 0 Å². The first-order valence-electron chi connectivity index (χ1n) is 7.83. The Kier molecular flexibility index (Phi) is 4.10. The Labute approximate surface area is 120 Å². The van der Waals surface area contributed by atoms with Crippen molar-refractivity contribution in [3.8, 4) is 0 Å². The van der Waals surface area contributed by atoms with E-state index in [0.717, 1.165) is 43.7 Å². The number of nitrogens with one attached hydrogen (secondary N) is 1. The first-order chi connectivity index (χ1) is 9.74. The molecule has 1 saturated carbocycles. The van der Waals surface area contributed by atoms with Crippen LogP contribution >= 0.6 is 0 Å². The van der Waals surface area contributed by atoms with Crippen molar-refractivity contribution >= 4 is 5.91 Å². The molecule has 1 aliphatic heterocycles. The molecule has 0 spiro atoms. The Morgan fingerprint density at radius 1 is 1.30 bits per heavy atom. The van der Waals surface area contributed by atoms with Crippen molar-refractivity contribution in [2.24, 2.45) is 0 Å². The lowest BCUT2D eigenvalue weighted by Gasteiger charge is -2.26. The van der Waals surface area contributed by atoms with Gasteiger partial charge in [0.1, 0.15) is 11.5 Å². The molecule has 1 aromatic heterocycles. The van der Waals surface area contributed by atoms with E-state index in [2.05, 4.69) is 5.32 Å². The number of furan rings is 1. The summed E-state index contributed by atoms with van der Waals surface area (Å²) in [7, 11) is 0. The number of nitrogens with zero attached hydrogens (tertiary/aromatic N) is 1. The molecule has 0 aromatic carbocycles. The average molecular weight is 276 g/mol. The topological polar surface area (TPSA) is 45.5 Å². The van der Waals surface area contributed by atoms with Crippen LogP contribution < -0.4 is 5.32 Å². The second-order valence-electron chi connectivity index (χ2n) is 6.07. The van der Waals surface area contributed by atoms with E-state index in [1.54, 1.807) is 0 Å². The van der Waals surface area contributed by atoms with E-state index in [4.69, 9.17) is 4.42 Å². The van der Waals surface area contributed by atoms with Crippen molar-refractivity contribution in [3.05, 3.63) is 23.7 Å². The maximum absolute atomic E-state index is 12.8. The zero-order chi connectivity index (χ0) is 13.9. The molecule has 1 unspecified atom stereocenters. The summed E-state index contributed by atoms with van der Waals surface area (Å²) >= 11 is 0. The van der Waals surface area contributed by atoms with Gasteiger partial charge in [-0.05, 0) is 51.3 Å². The zero-order valence-corrected chi connectivity index (χ0v) is 12.2. The second kappa shape index (κ2) is 6.00. The molecule has 110 valence electrons. The molecule has 1 N–H and O–H groups in total. The number of carbonyl (C=O) groups is 1. The summed E-state index contributed by atoms with van der Waals surface area (Å²) in [5.41, 5.74) is 0. The lowest BCUT2D eigenvalue weighted by Crippen LogP contribution is -2.46. The third-order valence-electron chi connectivity index (χ3n) is 4.25. The van der Waals surface area contributed by atoms with E-state index >= 15 is 0 Å². The molecule has 1 saturated heterocycles. The van der Waals surface area contributed by atoms with Crippen LogP contribution in [-0.4, -0.2) is 29.4 Å². The summed E-state index contributed by atoms with van der Waals surface area (Å²) in [6.07, 6.45) is 6.82. The lowest BCUT2D eigenvalue weighted by molar-refractivity contribution is -0.135. The first-order valence-corrected chi connectivity index (χ1v) is 7.83. The summed E-state index contributed by atoms with van der Waals surface area (Å²) < 4.78 is 5.64. The van der Waals surface area contributed by atoms with Crippen molar-refractivity contribution < 1.29 is 9.21 Å². The van der Waals surface area contributed by atoms with Crippen molar-refractivity contribution in [2.75, 3.05) is 6.54 Å². The molecule has 4 heteroatoms. The lowest BCUT2D eigenvalue weighted by atomic mass is 10.1. The molecule has 2 heterocycles. The van der Waals surface area contributed by atoms with E-state index < -0.39 is 0 Å². The van der Waals surface area contributed by atoms with Gasteiger partial charge in [-0.1, -0.05) is 12.8 Å². The Morgan fingerprint density at radius 3 is 2.85 bits per heavy atom. The summed E-state index contributed by atoms with van der Waals surface area (Å²) in [5, 5.41) is 3.41. The van der Waals surface area contributed by atoms with Gasteiger partial charge in [-0.15, -0.1) is 0 Å². The van der Waals surface area contributed by atoms with Crippen LogP contribution in [0.15, 0.2) is 16.5 Å². The largest absolute Gasteiger partial charge is 0.464 e. The van der Waals surface area contributed by atoms with Gasteiger partial charge in [0.2, 0.25) is 5.91 Å². The van der Waals surface area contributed by atoms with Crippen LogP contribution in [0.1, 0.15) is 50.0 Å².